The van der Waals surface area contributed by atoms with Crippen molar-refractivity contribution in [2.75, 3.05) is 7.11 Å². The molecule has 5 nitrogen and oxygen atoms in total. The summed E-state index contributed by atoms with van der Waals surface area (Å²) in [5.74, 6) is 0.223. The molecule has 2 rings (SSSR count). The second-order valence-electron chi connectivity index (χ2n) is 4.20. The molecule has 1 aromatic carbocycles. The zero-order chi connectivity index (χ0) is 15.5. The fourth-order valence-corrected chi connectivity index (χ4v) is 4.15. The SMILES string of the molecule is COc1c(CN)cc(Cl)cc1S(=O)(=O)NCc1cccs1. The number of nitrogens with two attached hydrogens (primary N) is 1. The normalized spacial score (nSPS) is 11.6. The molecule has 2 aromatic rings. The highest BCUT2D eigenvalue weighted by molar-refractivity contribution is 7.89. The van der Waals surface area contributed by atoms with Gasteiger partial charge in [-0.25, -0.2) is 13.1 Å². The molecule has 0 fully saturated rings. The molecule has 0 aliphatic heterocycles. The predicted octanol–water partition coefficient (Wildman–Crippen LogP) is 2.35. The summed E-state index contributed by atoms with van der Waals surface area (Å²) in [6.45, 7) is 0.352. The van der Waals surface area contributed by atoms with Gasteiger partial charge in [-0.05, 0) is 23.6 Å². The summed E-state index contributed by atoms with van der Waals surface area (Å²) >= 11 is 7.44. The molecule has 0 radical (unpaired) electrons. The van der Waals surface area contributed by atoms with Crippen LogP contribution in [0.5, 0.6) is 5.75 Å². The van der Waals surface area contributed by atoms with E-state index in [4.69, 9.17) is 22.1 Å². The number of ether oxygens (including phenoxy) is 1. The van der Waals surface area contributed by atoms with E-state index in [0.717, 1.165) is 4.88 Å². The first-order valence-corrected chi connectivity index (χ1v) is 8.80. The average molecular weight is 347 g/mol. The number of nitrogens with one attached hydrogen (secondary N) is 1. The molecule has 21 heavy (non-hydrogen) atoms. The van der Waals surface area contributed by atoms with E-state index in [9.17, 15) is 8.42 Å². The smallest absolute Gasteiger partial charge is 0.244 e. The molecule has 0 bridgehead atoms. The van der Waals surface area contributed by atoms with Crippen molar-refractivity contribution >= 4 is 33.0 Å². The van der Waals surface area contributed by atoms with E-state index in [-0.39, 0.29) is 23.7 Å². The van der Waals surface area contributed by atoms with E-state index in [0.29, 0.717) is 10.6 Å². The maximum absolute atomic E-state index is 12.4. The van der Waals surface area contributed by atoms with E-state index in [1.54, 1.807) is 6.07 Å². The zero-order valence-electron chi connectivity index (χ0n) is 11.3. The zero-order valence-corrected chi connectivity index (χ0v) is 13.7. The molecule has 0 saturated heterocycles. The Morgan fingerprint density at radius 3 is 2.76 bits per heavy atom. The van der Waals surface area contributed by atoms with Crippen LogP contribution in [0.4, 0.5) is 0 Å². The van der Waals surface area contributed by atoms with E-state index >= 15 is 0 Å². The van der Waals surface area contributed by atoms with Gasteiger partial charge in [0.05, 0.1) is 7.11 Å². The highest BCUT2D eigenvalue weighted by Gasteiger charge is 2.22. The first kappa shape index (κ1) is 16.3. The summed E-state index contributed by atoms with van der Waals surface area (Å²) in [6.07, 6.45) is 0. The maximum atomic E-state index is 12.4. The lowest BCUT2D eigenvalue weighted by molar-refractivity contribution is 0.397. The van der Waals surface area contributed by atoms with Crippen LogP contribution in [0.25, 0.3) is 0 Å². The lowest BCUT2D eigenvalue weighted by Gasteiger charge is -2.14. The Bertz CT molecular complexity index is 715. The summed E-state index contributed by atoms with van der Waals surface area (Å²) in [6, 6.07) is 6.67. The van der Waals surface area contributed by atoms with Crippen molar-refractivity contribution in [3.8, 4) is 5.75 Å². The molecule has 3 N–H and O–H groups in total. The van der Waals surface area contributed by atoms with E-state index in [2.05, 4.69) is 4.72 Å². The Morgan fingerprint density at radius 2 is 2.19 bits per heavy atom. The number of sulfonamides is 1. The molecule has 1 heterocycles. The molecule has 0 atom stereocenters. The highest BCUT2D eigenvalue weighted by atomic mass is 35.5. The van der Waals surface area contributed by atoms with Gasteiger partial charge in [0.2, 0.25) is 10.0 Å². The fourth-order valence-electron chi connectivity index (χ4n) is 1.86. The quantitative estimate of drug-likeness (QED) is 0.841. The van der Waals surface area contributed by atoms with Crippen molar-refractivity contribution < 1.29 is 13.2 Å². The standard InChI is InChI=1S/C13H15ClN2O3S2/c1-19-13-9(7-15)5-10(14)6-12(13)21(17,18)16-8-11-3-2-4-20-11/h2-6,16H,7-8,15H2,1H3. The van der Waals surface area contributed by atoms with Crippen LogP contribution in [0.2, 0.25) is 5.02 Å². The molecule has 0 unspecified atom stereocenters. The third kappa shape index (κ3) is 3.75. The number of halogens is 1. The van der Waals surface area contributed by atoms with Crippen molar-refractivity contribution in [1.29, 1.82) is 0 Å². The molecule has 1 aromatic heterocycles. The molecule has 0 spiro atoms. The summed E-state index contributed by atoms with van der Waals surface area (Å²) in [5.41, 5.74) is 6.15. The number of methoxy groups -OCH3 is 1. The van der Waals surface area contributed by atoms with Crippen molar-refractivity contribution in [3.63, 3.8) is 0 Å². The minimum absolute atomic E-state index is 0.00509. The van der Waals surface area contributed by atoms with Gasteiger partial charge in [0.15, 0.2) is 0 Å². The Morgan fingerprint density at radius 1 is 1.43 bits per heavy atom. The third-order valence-electron chi connectivity index (χ3n) is 2.83. The van der Waals surface area contributed by atoms with Crippen molar-refractivity contribution in [1.82, 2.24) is 4.72 Å². The number of benzene rings is 1. The number of rotatable bonds is 6. The van der Waals surface area contributed by atoms with E-state index in [1.165, 1.54) is 24.5 Å². The van der Waals surface area contributed by atoms with Gasteiger partial charge in [-0.3, -0.25) is 0 Å². The molecular weight excluding hydrogens is 332 g/mol. The summed E-state index contributed by atoms with van der Waals surface area (Å²) in [5, 5.41) is 2.18. The Labute approximate surface area is 132 Å². The summed E-state index contributed by atoms with van der Waals surface area (Å²) < 4.78 is 32.6. The van der Waals surface area contributed by atoms with Gasteiger partial charge < -0.3 is 10.5 Å². The number of hydrogen-bond donors (Lipinski definition) is 2. The fraction of sp³-hybridized carbons (Fsp3) is 0.231. The summed E-state index contributed by atoms with van der Waals surface area (Å²) in [7, 11) is -2.34. The van der Waals surface area contributed by atoms with Crippen LogP contribution in [0.15, 0.2) is 34.5 Å². The minimum atomic E-state index is -3.74. The monoisotopic (exact) mass is 346 g/mol. The van der Waals surface area contributed by atoms with Gasteiger partial charge in [-0.2, -0.15) is 0 Å². The number of thiophene rings is 1. The Hall–Kier alpha value is -1.12. The van der Waals surface area contributed by atoms with Gasteiger partial charge in [0.25, 0.3) is 0 Å². The predicted molar refractivity (Wildman–Crippen MR) is 84.2 cm³/mol. The summed E-state index contributed by atoms with van der Waals surface area (Å²) in [4.78, 5) is 0.910. The van der Waals surface area contributed by atoms with Crippen LogP contribution in [-0.4, -0.2) is 15.5 Å². The van der Waals surface area contributed by atoms with Gasteiger partial charge >= 0.3 is 0 Å². The molecule has 8 heteroatoms. The largest absolute Gasteiger partial charge is 0.495 e. The molecule has 0 aliphatic rings. The topological polar surface area (TPSA) is 81.4 Å². The van der Waals surface area contributed by atoms with Gasteiger partial charge in [-0.1, -0.05) is 17.7 Å². The van der Waals surface area contributed by atoms with Crippen LogP contribution in [-0.2, 0) is 23.1 Å². The lowest BCUT2D eigenvalue weighted by Crippen LogP contribution is -2.24. The second-order valence-corrected chi connectivity index (χ2v) is 7.41. The van der Waals surface area contributed by atoms with Gasteiger partial charge in [-0.15, -0.1) is 11.3 Å². The molecule has 114 valence electrons. The van der Waals surface area contributed by atoms with Crippen LogP contribution in [0.1, 0.15) is 10.4 Å². The number of hydrogen-bond acceptors (Lipinski definition) is 5. The van der Waals surface area contributed by atoms with Gasteiger partial charge in [0, 0.05) is 28.6 Å². The third-order valence-corrected chi connectivity index (χ3v) is 5.33. The first-order chi connectivity index (χ1) is 9.97. The molecule has 0 aliphatic carbocycles. The van der Waals surface area contributed by atoms with Crippen molar-refractivity contribution in [2.24, 2.45) is 5.73 Å². The Kier molecular flexibility index (Phi) is 5.23. The first-order valence-electron chi connectivity index (χ1n) is 6.06. The lowest BCUT2D eigenvalue weighted by atomic mass is 10.2. The highest BCUT2D eigenvalue weighted by Crippen LogP contribution is 2.31. The molecular formula is C13H15ClN2O3S2. The van der Waals surface area contributed by atoms with Crippen molar-refractivity contribution in [2.45, 2.75) is 18.0 Å². The van der Waals surface area contributed by atoms with E-state index in [1.807, 2.05) is 17.5 Å². The van der Waals surface area contributed by atoms with Crippen LogP contribution in [0, 0.1) is 0 Å². The Balaban J connectivity index is 2.36. The average Bonchev–Trinajstić information content (AvgIpc) is 2.97. The van der Waals surface area contributed by atoms with Crippen LogP contribution >= 0.6 is 22.9 Å². The van der Waals surface area contributed by atoms with Crippen LogP contribution < -0.4 is 15.2 Å². The van der Waals surface area contributed by atoms with Gasteiger partial charge in [0.1, 0.15) is 10.6 Å². The minimum Gasteiger partial charge on any atom is -0.495 e. The molecule has 0 amide bonds. The maximum Gasteiger partial charge on any atom is 0.244 e. The molecule has 0 saturated carbocycles. The van der Waals surface area contributed by atoms with Crippen LogP contribution in [0.3, 0.4) is 0 Å². The van der Waals surface area contributed by atoms with Crippen molar-refractivity contribution in [3.05, 3.63) is 45.1 Å². The second kappa shape index (κ2) is 6.76. The van der Waals surface area contributed by atoms with E-state index < -0.39 is 10.0 Å².